The third-order valence-corrected chi connectivity index (χ3v) is 6.11. The summed E-state index contributed by atoms with van der Waals surface area (Å²) in [4.78, 5) is 22.4. The largest absolute Gasteiger partial charge is 0.369 e. The Labute approximate surface area is 171 Å². The molecule has 5 nitrogen and oxygen atoms in total. The van der Waals surface area contributed by atoms with Crippen LogP contribution in [0.4, 0.5) is 11.5 Å². The van der Waals surface area contributed by atoms with E-state index in [4.69, 9.17) is 5.73 Å². The summed E-state index contributed by atoms with van der Waals surface area (Å²) in [5.41, 5.74) is 8.42. The van der Waals surface area contributed by atoms with Crippen LogP contribution >= 0.6 is 23.1 Å². The number of carbonyl (C=O) groups excluding carboxylic acids is 1. The maximum atomic E-state index is 11.2. The molecule has 0 aliphatic heterocycles. The van der Waals surface area contributed by atoms with Gasteiger partial charge in [-0.3, -0.25) is 4.79 Å². The average Bonchev–Trinajstić information content (AvgIpc) is 3.12. The number of anilines is 2. The fourth-order valence-corrected chi connectivity index (χ4v) is 4.68. The highest BCUT2D eigenvalue weighted by Gasteiger charge is 2.15. The molecule has 2 heterocycles. The van der Waals surface area contributed by atoms with Gasteiger partial charge in [-0.2, -0.15) is 0 Å². The molecule has 4 rings (SSSR count). The minimum Gasteiger partial charge on any atom is -0.369 e. The number of hydrogen-bond donors (Lipinski definition) is 2. The highest BCUT2D eigenvalue weighted by Crippen LogP contribution is 2.39. The molecule has 4 aromatic rings. The second kappa shape index (κ2) is 8.00. The van der Waals surface area contributed by atoms with E-state index < -0.39 is 0 Å². The van der Waals surface area contributed by atoms with Gasteiger partial charge in [-0.25, -0.2) is 9.97 Å². The van der Waals surface area contributed by atoms with Gasteiger partial charge in [0.05, 0.1) is 16.8 Å². The first kappa shape index (κ1) is 18.5. The molecule has 7 heteroatoms. The van der Waals surface area contributed by atoms with E-state index >= 15 is 0 Å². The minimum atomic E-state index is -0.343. The van der Waals surface area contributed by atoms with Crippen LogP contribution < -0.4 is 11.1 Å². The molecule has 0 aliphatic carbocycles. The van der Waals surface area contributed by atoms with E-state index in [-0.39, 0.29) is 11.7 Å². The molecule has 0 spiro atoms. The summed E-state index contributed by atoms with van der Waals surface area (Å²) in [6.45, 7) is 1.89. The van der Waals surface area contributed by atoms with Crippen LogP contribution in [0.2, 0.25) is 0 Å². The van der Waals surface area contributed by atoms with E-state index in [1.165, 1.54) is 11.8 Å². The van der Waals surface area contributed by atoms with Gasteiger partial charge in [0.15, 0.2) is 0 Å². The molecule has 0 saturated heterocycles. The summed E-state index contributed by atoms with van der Waals surface area (Å²) in [6, 6.07) is 18.1. The Hall–Kier alpha value is -2.90. The van der Waals surface area contributed by atoms with Gasteiger partial charge in [0.1, 0.15) is 16.5 Å². The van der Waals surface area contributed by atoms with Crippen molar-refractivity contribution in [2.45, 2.75) is 11.8 Å². The van der Waals surface area contributed by atoms with Crippen LogP contribution in [0.15, 0.2) is 64.9 Å². The van der Waals surface area contributed by atoms with Crippen LogP contribution in [0, 0.1) is 6.92 Å². The lowest BCUT2D eigenvalue weighted by molar-refractivity contribution is -0.115. The van der Waals surface area contributed by atoms with E-state index in [9.17, 15) is 4.79 Å². The number of amides is 1. The summed E-state index contributed by atoms with van der Waals surface area (Å²) in [6.07, 6.45) is 0. The van der Waals surface area contributed by atoms with Crippen LogP contribution in [0.1, 0.15) is 5.82 Å². The summed E-state index contributed by atoms with van der Waals surface area (Å²) in [7, 11) is 0. The number of nitrogens with zero attached hydrogens (tertiary/aromatic N) is 2. The first-order chi connectivity index (χ1) is 13.6. The van der Waals surface area contributed by atoms with Crippen LogP contribution in [-0.2, 0) is 4.79 Å². The number of fused-ring (bicyclic) bond motifs is 1. The second-order valence-corrected chi connectivity index (χ2v) is 8.07. The molecular formula is C21H18N4OS2. The van der Waals surface area contributed by atoms with Gasteiger partial charge in [0.25, 0.3) is 0 Å². The van der Waals surface area contributed by atoms with Gasteiger partial charge in [-0.05, 0) is 24.6 Å². The van der Waals surface area contributed by atoms with Gasteiger partial charge < -0.3 is 11.1 Å². The Kier molecular flexibility index (Phi) is 5.27. The van der Waals surface area contributed by atoms with E-state index in [0.717, 1.165) is 37.7 Å². The molecule has 2 aromatic carbocycles. The lowest BCUT2D eigenvalue weighted by Gasteiger charge is -2.13. The number of primary amides is 1. The molecule has 3 N–H and O–H groups in total. The van der Waals surface area contributed by atoms with Crippen LogP contribution in [-0.4, -0.2) is 21.6 Å². The number of rotatable bonds is 6. The number of thiophene rings is 1. The Morgan fingerprint density at radius 1 is 1.11 bits per heavy atom. The quantitative estimate of drug-likeness (QED) is 0.441. The minimum absolute atomic E-state index is 0.227. The summed E-state index contributed by atoms with van der Waals surface area (Å²) in [5.74, 6) is 1.35. The molecule has 0 atom stereocenters. The zero-order valence-electron chi connectivity index (χ0n) is 15.2. The molecule has 1 amide bonds. The zero-order chi connectivity index (χ0) is 19.5. The van der Waals surface area contributed by atoms with Gasteiger partial charge in [0.2, 0.25) is 5.91 Å². The van der Waals surface area contributed by atoms with Crippen molar-refractivity contribution in [3.8, 4) is 11.1 Å². The molecule has 0 radical (unpaired) electrons. The van der Waals surface area contributed by atoms with Crippen molar-refractivity contribution < 1.29 is 4.79 Å². The van der Waals surface area contributed by atoms with Crippen LogP contribution in [0.5, 0.6) is 0 Å². The van der Waals surface area contributed by atoms with Crippen molar-refractivity contribution in [3.63, 3.8) is 0 Å². The molecule has 0 unspecified atom stereocenters. The van der Waals surface area contributed by atoms with Gasteiger partial charge in [-0.15, -0.1) is 23.1 Å². The van der Waals surface area contributed by atoms with E-state index in [0.29, 0.717) is 5.82 Å². The van der Waals surface area contributed by atoms with Gasteiger partial charge in [0, 0.05) is 15.8 Å². The third kappa shape index (κ3) is 3.85. The topological polar surface area (TPSA) is 80.9 Å². The number of thioether (sulfide) groups is 1. The zero-order valence-corrected chi connectivity index (χ0v) is 16.8. The molecule has 0 saturated carbocycles. The number of hydrogen-bond acceptors (Lipinski definition) is 6. The summed E-state index contributed by atoms with van der Waals surface area (Å²) < 4.78 is 0. The van der Waals surface area contributed by atoms with E-state index in [2.05, 4.69) is 32.8 Å². The Bertz CT molecular complexity index is 1140. The molecule has 0 aliphatic rings. The van der Waals surface area contributed by atoms with Crippen LogP contribution in [0.25, 0.3) is 21.3 Å². The van der Waals surface area contributed by atoms with Crippen LogP contribution in [0.3, 0.4) is 0 Å². The predicted octanol–water partition coefficient (Wildman–Crippen LogP) is 4.99. The average molecular weight is 407 g/mol. The number of aryl methyl sites for hydroxylation is 1. The number of nitrogens with one attached hydrogen (secondary N) is 1. The summed E-state index contributed by atoms with van der Waals surface area (Å²) in [5, 5.41) is 6.57. The first-order valence-corrected chi connectivity index (χ1v) is 10.6. The molecule has 28 heavy (non-hydrogen) atoms. The lowest BCUT2D eigenvalue weighted by atomic mass is 10.1. The SMILES string of the molecule is Cc1nc(Nc2ccccc2SCC(N)=O)c2c(-c3ccccc3)csc2n1. The first-order valence-electron chi connectivity index (χ1n) is 8.70. The van der Waals surface area contributed by atoms with Crippen molar-refractivity contribution in [1.29, 1.82) is 0 Å². The Balaban J connectivity index is 1.80. The van der Waals surface area contributed by atoms with Gasteiger partial charge in [-0.1, -0.05) is 42.5 Å². The number of benzene rings is 2. The monoisotopic (exact) mass is 406 g/mol. The van der Waals surface area contributed by atoms with Crippen molar-refractivity contribution in [1.82, 2.24) is 9.97 Å². The molecule has 0 bridgehead atoms. The van der Waals surface area contributed by atoms with Crippen molar-refractivity contribution in [2.24, 2.45) is 5.73 Å². The summed E-state index contributed by atoms with van der Waals surface area (Å²) >= 11 is 3.02. The van der Waals surface area contributed by atoms with Crippen molar-refractivity contribution >= 4 is 50.7 Å². The van der Waals surface area contributed by atoms with Crippen molar-refractivity contribution in [2.75, 3.05) is 11.1 Å². The maximum absolute atomic E-state index is 11.2. The smallest absolute Gasteiger partial charge is 0.227 e. The van der Waals surface area contributed by atoms with Gasteiger partial charge >= 0.3 is 0 Å². The fraction of sp³-hybridized carbons (Fsp3) is 0.0952. The number of para-hydroxylation sites is 1. The van der Waals surface area contributed by atoms with E-state index in [1.807, 2.05) is 49.4 Å². The lowest BCUT2D eigenvalue weighted by Crippen LogP contribution is -2.13. The van der Waals surface area contributed by atoms with E-state index in [1.54, 1.807) is 11.3 Å². The normalized spacial score (nSPS) is 10.9. The highest BCUT2D eigenvalue weighted by molar-refractivity contribution is 8.00. The third-order valence-electron chi connectivity index (χ3n) is 4.14. The fourth-order valence-electron chi connectivity index (χ4n) is 2.94. The molecule has 140 valence electrons. The molecular weight excluding hydrogens is 388 g/mol. The second-order valence-electron chi connectivity index (χ2n) is 6.19. The van der Waals surface area contributed by atoms with Crippen molar-refractivity contribution in [3.05, 3.63) is 65.8 Å². The highest BCUT2D eigenvalue weighted by atomic mass is 32.2. The number of carbonyl (C=O) groups is 1. The number of aromatic nitrogens is 2. The molecule has 2 aromatic heterocycles. The standard InChI is InChI=1S/C21H18N4OS2/c1-13-23-20(25-16-9-5-6-10-17(16)27-12-18(22)26)19-15(11-28-21(19)24-13)14-7-3-2-4-8-14/h2-11H,12H2,1H3,(H2,22,26)(H,23,24,25). The predicted molar refractivity (Wildman–Crippen MR) is 117 cm³/mol. The number of nitrogens with two attached hydrogens (primary N) is 1. The Morgan fingerprint density at radius 3 is 2.64 bits per heavy atom. The Morgan fingerprint density at radius 2 is 1.86 bits per heavy atom. The maximum Gasteiger partial charge on any atom is 0.227 e. The molecule has 0 fully saturated rings.